The molecule has 2 saturated carbocycles. The topological polar surface area (TPSA) is 66.5 Å². The van der Waals surface area contributed by atoms with E-state index >= 15 is 0 Å². The van der Waals surface area contributed by atoms with Gasteiger partial charge in [0, 0.05) is 12.1 Å². The monoisotopic (exact) mass is 348 g/mol. The van der Waals surface area contributed by atoms with Crippen molar-refractivity contribution in [1.82, 2.24) is 9.62 Å². The molecule has 2 bridgehead atoms. The standard InChI is InChI=1S/C18H24N2O3S/c21-18(19-14-6-4-5-7-14)17-13-10-11-15(12-13)20(17)24(22,23)16-8-2-1-3-9-16/h1-3,8-9,13-15,17H,4-7,10-12H2,(H,19,21)/t13-,15-,17-/m0/s1. The van der Waals surface area contributed by atoms with Crippen LogP contribution in [-0.4, -0.2) is 36.8 Å². The summed E-state index contributed by atoms with van der Waals surface area (Å²) in [6.07, 6.45) is 6.95. The molecule has 1 saturated heterocycles. The Kier molecular flexibility index (Phi) is 4.12. The van der Waals surface area contributed by atoms with Gasteiger partial charge in [-0.2, -0.15) is 4.31 Å². The summed E-state index contributed by atoms with van der Waals surface area (Å²) in [6.45, 7) is 0. The molecular weight excluding hydrogens is 324 g/mol. The molecule has 1 heterocycles. The molecule has 1 aromatic carbocycles. The lowest BCUT2D eigenvalue weighted by atomic mass is 9.99. The summed E-state index contributed by atoms with van der Waals surface area (Å²) in [7, 11) is -3.62. The minimum atomic E-state index is -3.62. The van der Waals surface area contributed by atoms with Crippen molar-refractivity contribution in [2.24, 2.45) is 5.92 Å². The number of carbonyl (C=O) groups excluding carboxylic acids is 1. The van der Waals surface area contributed by atoms with Crippen molar-refractivity contribution in [3.8, 4) is 0 Å². The highest BCUT2D eigenvalue weighted by molar-refractivity contribution is 7.89. The summed E-state index contributed by atoms with van der Waals surface area (Å²) in [5.41, 5.74) is 0. The number of sulfonamides is 1. The average Bonchev–Trinajstić information content (AvgIpc) is 3.32. The molecule has 1 aliphatic heterocycles. The minimum absolute atomic E-state index is 0.0282. The Labute approximate surface area is 143 Å². The van der Waals surface area contributed by atoms with E-state index in [1.165, 1.54) is 4.31 Å². The Balaban J connectivity index is 1.61. The van der Waals surface area contributed by atoms with E-state index in [-0.39, 0.29) is 28.8 Å². The molecule has 24 heavy (non-hydrogen) atoms. The zero-order valence-electron chi connectivity index (χ0n) is 13.7. The van der Waals surface area contributed by atoms with Gasteiger partial charge in [0.25, 0.3) is 0 Å². The normalized spacial score (nSPS) is 30.8. The van der Waals surface area contributed by atoms with Crippen LogP contribution in [0.25, 0.3) is 0 Å². The molecule has 4 rings (SSSR count). The maximum atomic E-state index is 13.1. The number of fused-ring (bicyclic) bond motifs is 2. The summed E-state index contributed by atoms with van der Waals surface area (Å²) in [6, 6.07) is 8.16. The first-order valence-electron chi connectivity index (χ1n) is 8.96. The molecule has 0 radical (unpaired) electrons. The smallest absolute Gasteiger partial charge is 0.244 e. The van der Waals surface area contributed by atoms with Crippen LogP contribution in [0.3, 0.4) is 0 Å². The summed E-state index contributed by atoms with van der Waals surface area (Å²) >= 11 is 0. The van der Waals surface area contributed by atoms with Crippen LogP contribution >= 0.6 is 0 Å². The van der Waals surface area contributed by atoms with Gasteiger partial charge in [0.15, 0.2) is 0 Å². The van der Waals surface area contributed by atoms with Gasteiger partial charge in [-0.1, -0.05) is 31.0 Å². The zero-order chi connectivity index (χ0) is 16.7. The number of nitrogens with zero attached hydrogens (tertiary/aromatic N) is 1. The summed E-state index contributed by atoms with van der Waals surface area (Å²) < 4.78 is 27.8. The molecule has 6 heteroatoms. The van der Waals surface area contributed by atoms with E-state index in [2.05, 4.69) is 5.32 Å². The van der Waals surface area contributed by atoms with Gasteiger partial charge in [-0.3, -0.25) is 4.79 Å². The molecule has 2 aliphatic carbocycles. The molecule has 1 aromatic rings. The van der Waals surface area contributed by atoms with E-state index in [1.807, 2.05) is 0 Å². The predicted molar refractivity (Wildman–Crippen MR) is 90.8 cm³/mol. The quantitative estimate of drug-likeness (QED) is 0.908. The number of benzene rings is 1. The molecule has 0 aromatic heterocycles. The van der Waals surface area contributed by atoms with Crippen LogP contribution in [0.2, 0.25) is 0 Å². The van der Waals surface area contributed by atoms with Crippen LogP contribution in [0.1, 0.15) is 44.9 Å². The summed E-state index contributed by atoms with van der Waals surface area (Å²) in [4.78, 5) is 13.2. The van der Waals surface area contributed by atoms with Gasteiger partial charge in [-0.25, -0.2) is 8.42 Å². The molecule has 0 spiro atoms. The summed E-state index contributed by atoms with van der Waals surface area (Å²) in [5, 5.41) is 3.11. The highest BCUT2D eigenvalue weighted by Crippen LogP contribution is 2.45. The Morgan fingerprint density at radius 1 is 1.04 bits per heavy atom. The maximum absolute atomic E-state index is 13.1. The fourth-order valence-electron chi connectivity index (χ4n) is 4.69. The number of nitrogens with one attached hydrogen (secondary N) is 1. The third-order valence-electron chi connectivity index (χ3n) is 5.81. The zero-order valence-corrected chi connectivity index (χ0v) is 14.5. The highest BCUT2D eigenvalue weighted by atomic mass is 32.2. The first-order valence-corrected chi connectivity index (χ1v) is 10.4. The van der Waals surface area contributed by atoms with Gasteiger partial charge in [0.1, 0.15) is 6.04 Å². The second-order valence-electron chi connectivity index (χ2n) is 7.31. The van der Waals surface area contributed by atoms with Crippen molar-refractivity contribution < 1.29 is 13.2 Å². The minimum Gasteiger partial charge on any atom is -0.352 e. The van der Waals surface area contributed by atoms with E-state index in [9.17, 15) is 13.2 Å². The Morgan fingerprint density at radius 2 is 1.75 bits per heavy atom. The highest BCUT2D eigenvalue weighted by Gasteiger charge is 2.54. The van der Waals surface area contributed by atoms with Crippen LogP contribution in [0, 0.1) is 5.92 Å². The molecule has 0 unspecified atom stereocenters. The van der Waals surface area contributed by atoms with E-state index < -0.39 is 16.1 Å². The molecule has 130 valence electrons. The lowest BCUT2D eigenvalue weighted by molar-refractivity contribution is -0.126. The molecular formula is C18H24N2O3S. The second-order valence-corrected chi connectivity index (χ2v) is 9.15. The van der Waals surface area contributed by atoms with Crippen LogP contribution in [0.4, 0.5) is 0 Å². The molecule has 1 amide bonds. The van der Waals surface area contributed by atoms with Crippen molar-refractivity contribution in [3.05, 3.63) is 30.3 Å². The van der Waals surface area contributed by atoms with Crippen molar-refractivity contribution in [2.45, 2.75) is 68.0 Å². The SMILES string of the molecule is O=C(NC1CCCC1)[C@@H]1[C@H]2CC[C@@H](C2)N1S(=O)(=O)c1ccccc1. The van der Waals surface area contributed by atoms with E-state index in [0.717, 1.165) is 44.9 Å². The van der Waals surface area contributed by atoms with Gasteiger partial charge >= 0.3 is 0 Å². The van der Waals surface area contributed by atoms with Crippen LogP contribution in [-0.2, 0) is 14.8 Å². The van der Waals surface area contributed by atoms with Crippen molar-refractivity contribution in [1.29, 1.82) is 0 Å². The number of hydrogen-bond donors (Lipinski definition) is 1. The van der Waals surface area contributed by atoms with Gasteiger partial charge in [-0.05, 0) is 50.2 Å². The number of piperidine rings is 1. The summed E-state index contributed by atoms with van der Waals surface area (Å²) in [5.74, 6) is 0.0727. The first-order chi connectivity index (χ1) is 11.6. The predicted octanol–water partition coefficient (Wildman–Crippen LogP) is 2.29. The second kappa shape index (κ2) is 6.15. The van der Waals surface area contributed by atoms with Crippen molar-refractivity contribution in [2.75, 3.05) is 0 Å². The Morgan fingerprint density at radius 3 is 2.46 bits per heavy atom. The van der Waals surface area contributed by atoms with Crippen LogP contribution in [0.15, 0.2) is 35.2 Å². The van der Waals surface area contributed by atoms with Gasteiger partial charge in [0.2, 0.25) is 15.9 Å². The molecule has 5 nitrogen and oxygen atoms in total. The van der Waals surface area contributed by atoms with Gasteiger partial charge in [0.05, 0.1) is 4.90 Å². The third kappa shape index (κ3) is 2.65. The lowest BCUT2D eigenvalue weighted by Crippen LogP contribution is -2.54. The van der Waals surface area contributed by atoms with Gasteiger partial charge < -0.3 is 5.32 Å². The lowest BCUT2D eigenvalue weighted by Gasteiger charge is -2.34. The number of carbonyl (C=O) groups is 1. The maximum Gasteiger partial charge on any atom is 0.244 e. The van der Waals surface area contributed by atoms with Crippen LogP contribution < -0.4 is 5.32 Å². The fourth-order valence-corrected chi connectivity index (χ4v) is 6.59. The third-order valence-corrected chi connectivity index (χ3v) is 7.76. The Bertz CT molecular complexity index is 713. The van der Waals surface area contributed by atoms with Crippen molar-refractivity contribution >= 4 is 15.9 Å². The number of rotatable bonds is 4. The molecule has 3 aliphatic rings. The fraction of sp³-hybridized carbons (Fsp3) is 0.611. The molecule has 1 N–H and O–H groups in total. The number of amides is 1. The van der Waals surface area contributed by atoms with E-state index in [0.29, 0.717) is 0 Å². The van der Waals surface area contributed by atoms with E-state index in [4.69, 9.17) is 0 Å². The molecule has 3 fully saturated rings. The van der Waals surface area contributed by atoms with E-state index in [1.54, 1.807) is 30.3 Å². The Hall–Kier alpha value is -1.40. The largest absolute Gasteiger partial charge is 0.352 e. The van der Waals surface area contributed by atoms with Crippen molar-refractivity contribution in [3.63, 3.8) is 0 Å². The van der Waals surface area contributed by atoms with Crippen LogP contribution in [0.5, 0.6) is 0 Å². The van der Waals surface area contributed by atoms with Gasteiger partial charge in [-0.15, -0.1) is 0 Å². The average molecular weight is 348 g/mol. The first kappa shape index (κ1) is 16.1. The number of hydrogen-bond acceptors (Lipinski definition) is 3. The molecule has 3 atom stereocenters.